The highest BCUT2D eigenvalue weighted by molar-refractivity contribution is 5.15. The van der Waals surface area contributed by atoms with Crippen molar-refractivity contribution in [3.8, 4) is 0 Å². The summed E-state index contributed by atoms with van der Waals surface area (Å²) in [6.07, 6.45) is 18.4. The molecule has 0 fully saturated rings. The van der Waals surface area contributed by atoms with E-state index in [1.54, 1.807) is 0 Å². The Balaban J connectivity index is 1.24. The molecule has 0 unspecified atom stereocenters. The lowest BCUT2D eigenvalue weighted by Crippen LogP contribution is -1.97. The first-order valence-electron chi connectivity index (χ1n) is 12.1. The maximum absolute atomic E-state index is 5.80. The average molecular weight is 395 g/mol. The minimum Gasteiger partial charge on any atom is -0.381 e. The predicted molar refractivity (Wildman–Crippen MR) is 127 cm³/mol. The molecule has 1 heteroatoms. The molecule has 2 rings (SSSR count). The van der Waals surface area contributed by atoms with Gasteiger partial charge in [0.2, 0.25) is 0 Å². The molecule has 0 saturated heterocycles. The van der Waals surface area contributed by atoms with Gasteiger partial charge < -0.3 is 4.74 Å². The van der Waals surface area contributed by atoms with Crippen LogP contribution in [0.15, 0.2) is 60.7 Å². The standard InChI is InChI=1S/C28H42O/c1(5-11-19-27-21-13-9-14-22-27)3-7-17-25-29-26-18-8-4-2-6-12-20-28-23-15-10-16-24-28/h9-10,13-16,21-24H,1-8,11-12,17-20,25-26H2. The molecule has 0 N–H and O–H groups in total. The second-order valence-corrected chi connectivity index (χ2v) is 8.33. The van der Waals surface area contributed by atoms with Crippen LogP contribution in [0.5, 0.6) is 0 Å². The topological polar surface area (TPSA) is 9.23 Å². The molecular weight excluding hydrogens is 352 g/mol. The molecule has 0 atom stereocenters. The molecule has 0 amide bonds. The lowest BCUT2D eigenvalue weighted by atomic mass is 10.1. The van der Waals surface area contributed by atoms with E-state index in [2.05, 4.69) is 60.7 Å². The zero-order valence-electron chi connectivity index (χ0n) is 18.5. The van der Waals surface area contributed by atoms with Gasteiger partial charge in [-0.05, 0) is 49.7 Å². The van der Waals surface area contributed by atoms with Crippen molar-refractivity contribution in [3.63, 3.8) is 0 Å². The average Bonchev–Trinajstić information content (AvgIpc) is 2.77. The van der Waals surface area contributed by atoms with E-state index in [0.29, 0.717) is 0 Å². The molecule has 2 aromatic rings. The van der Waals surface area contributed by atoms with Gasteiger partial charge in [-0.3, -0.25) is 0 Å². The predicted octanol–water partition coefficient (Wildman–Crippen LogP) is 8.17. The number of ether oxygens (including phenoxy) is 1. The first kappa shape index (κ1) is 23.7. The van der Waals surface area contributed by atoms with Crippen molar-refractivity contribution < 1.29 is 4.74 Å². The largest absolute Gasteiger partial charge is 0.381 e. The monoisotopic (exact) mass is 394 g/mol. The zero-order valence-corrected chi connectivity index (χ0v) is 18.5. The lowest BCUT2D eigenvalue weighted by Gasteiger charge is -2.05. The van der Waals surface area contributed by atoms with Crippen molar-refractivity contribution in [1.82, 2.24) is 0 Å². The van der Waals surface area contributed by atoms with E-state index >= 15 is 0 Å². The highest BCUT2D eigenvalue weighted by atomic mass is 16.5. The molecule has 2 aromatic carbocycles. The summed E-state index contributed by atoms with van der Waals surface area (Å²) in [5, 5.41) is 0. The minimum absolute atomic E-state index is 0.959. The fraction of sp³-hybridized carbons (Fsp3) is 0.571. The lowest BCUT2D eigenvalue weighted by molar-refractivity contribution is 0.125. The van der Waals surface area contributed by atoms with Gasteiger partial charge in [0, 0.05) is 13.2 Å². The summed E-state index contributed by atoms with van der Waals surface area (Å²) in [5.74, 6) is 0. The van der Waals surface area contributed by atoms with Gasteiger partial charge in [-0.15, -0.1) is 0 Å². The van der Waals surface area contributed by atoms with Crippen LogP contribution in [-0.2, 0) is 17.6 Å². The molecule has 0 bridgehead atoms. The van der Waals surface area contributed by atoms with E-state index in [9.17, 15) is 0 Å². The number of hydrogen-bond donors (Lipinski definition) is 0. The van der Waals surface area contributed by atoms with Gasteiger partial charge >= 0.3 is 0 Å². The van der Waals surface area contributed by atoms with Crippen LogP contribution in [0, 0.1) is 0 Å². The number of aryl methyl sites for hydroxylation is 2. The number of unbranched alkanes of at least 4 members (excludes halogenated alkanes) is 10. The van der Waals surface area contributed by atoms with Crippen LogP contribution in [0.25, 0.3) is 0 Å². The molecule has 29 heavy (non-hydrogen) atoms. The molecule has 160 valence electrons. The maximum atomic E-state index is 5.80. The van der Waals surface area contributed by atoms with Gasteiger partial charge in [-0.25, -0.2) is 0 Å². The smallest absolute Gasteiger partial charge is 0.0466 e. The SMILES string of the molecule is c1ccc(CCCCCCCCOCCCCCCCCc2ccccc2)cc1. The van der Waals surface area contributed by atoms with E-state index in [0.717, 1.165) is 13.2 Å². The van der Waals surface area contributed by atoms with Gasteiger partial charge in [0.1, 0.15) is 0 Å². The normalized spacial score (nSPS) is 11.0. The highest BCUT2D eigenvalue weighted by Gasteiger charge is 1.96. The number of rotatable bonds is 18. The van der Waals surface area contributed by atoms with Gasteiger partial charge in [0.15, 0.2) is 0 Å². The van der Waals surface area contributed by atoms with Crippen LogP contribution in [-0.4, -0.2) is 13.2 Å². The molecular formula is C28H42O. The Morgan fingerprint density at radius 3 is 1.14 bits per heavy atom. The van der Waals surface area contributed by atoms with Crippen LogP contribution in [0.2, 0.25) is 0 Å². The molecule has 0 aromatic heterocycles. The molecule has 0 radical (unpaired) electrons. The van der Waals surface area contributed by atoms with Crippen molar-refractivity contribution in [2.45, 2.75) is 89.9 Å². The van der Waals surface area contributed by atoms with Crippen molar-refractivity contribution in [2.24, 2.45) is 0 Å². The van der Waals surface area contributed by atoms with Crippen LogP contribution in [0.1, 0.15) is 88.2 Å². The Bertz CT molecular complexity index is 524. The molecule has 0 heterocycles. The Morgan fingerprint density at radius 2 is 0.724 bits per heavy atom. The second-order valence-electron chi connectivity index (χ2n) is 8.33. The summed E-state index contributed by atoms with van der Waals surface area (Å²) in [7, 11) is 0. The summed E-state index contributed by atoms with van der Waals surface area (Å²) in [6, 6.07) is 21.7. The summed E-state index contributed by atoms with van der Waals surface area (Å²) in [6.45, 7) is 1.92. The molecule has 0 aliphatic carbocycles. The van der Waals surface area contributed by atoms with E-state index in [1.165, 1.54) is 101 Å². The highest BCUT2D eigenvalue weighted by Crippen LogP contribution is 2.11. The summed E-state index contributed by atoms with van der Waals surface area (Å²) in [5.41, 5.74) is 2.96. The van der Waals surface area contributed by atoms with Crippen molar-refractivity contribution in [1.29, 1.82) is 0 Å². The van der Waals surface area contributed by atoms with Crippen LogP contribution >= 0.6 is 0 Å². The molecule has 1 nitrogen and oxygen atoms in total. The summed E-state index contributed by atoms with van der Waals surface area (Å²) >= 11 is 0. The molecule has 0 spiro atoms. The maximum Gasteiger partial charge on any atom is 0.0466 e. The van der Waals surface area contributed by atoms with E-state index in [1.807, 2.05) is 0 Å². The quantitative estimate of drug-likeness (QED) is 0.232. The Kier molecular flexibility index (Phi) is 14.1. The molecule has 0 aliphatic heterocycles. The van der Waals surface area contributed by atoms with Gasteiger partial charge in [0.25, 0.3) is 0 Å². The van der Waals surface area contributed by atoms with Gasteiger partial charge in [0.05, 0.1) is 0 Å². The fourth-order valence-corrected chi connectivity index (χ4v) is 3.87. The first-order valence-corrected chi connectivity index (χ1v) is 12.1. The van der Waals surface area contributed by atoms with E-state index < -0.39 is 0 Å². The Hall–Kier alpha value is -1.60. The number of benzene rings is 2. The van der Waals surface area contributed by atoms with Gasteiger partial charge in [-0.1, -0.05) is 112 Å². The summed E-state index contributed by atoms with van der Waals surface area (Å²) < 4.78 is 5.80. The van der Waals surface area contributed by atoms with Crippen LogP contribution in [0.3, 0.4) is 0 Å². The van der Waals surface area contributed by atoms with E-state index in [4.69, 9.17) is 4.74 Å². The zero-order chi connectivity index (χ0) is 20.2. The fourth-order valence-electron chi connectivity index (χ4n) is 3.87. The Morgan fingerprint density at radius 1 is 0.379 bits per heavy atom. The minimum atomic E-state index is 0.959. The first-order chi connectivity index (χ1) is 14.4. The van der Waals surface area contributed by atoms with Crippen LogP contribution in [0.4, 0.5) is 0 Å². The third kappa shape index (κ3) is 13.3. The van der Waals surface area contributed by atoms with Crippen molar-refractivity contribution in [2.75, 3.05) is 13.2 Å². The third-order valence-corrected chi connectivity index (χ3v) is 5.69. The summed E-state index contributed by atoms with van der Waals surface area (Å²) in [4.78, 5) is 0. The second kappa shape index (κ2) is 17.3. The number of hydrogen-bond acceptors (Lipinski definition) is 1. The van der Waals surface area contributed by atoms with Crippen molar-refractivity contribution in [3.05, 3.63) is 71.8 Å². The molecule has 0 aliphatic rings. The van der Waals surface area contributed by atoms with E-state index in [-0.39, 0.29) is 0 Å². The Labute approximate surface area is 179 Å². The van der Waals surface area contributed by atoms with Crippen LogP contribution < -0.4 is 0 Å². The molecule has 0 saturated carbocycles. The van der Waals surface area contributed by atoms with Gasteiger partial charge in [-0.2, -0.15) is 0 Å². The third-order valence-electron chi connectivity index (χ3n) is 5.69. The van der Waals surface area contributed by atoms with Crippen molar-refractivity contribution >= 4 is 0 Å².